The van der Waals surface area contributed by atoms with Crippen molar-refractivity contribution in [3.63, 3.8) is 0 Å². The highest BCUT2D eigenvalue weighted by Gasteiger charge is 1.94. The van der Waals surface area contributed by atoms with E-state index in [-0.39, 0.29) is 0 Å². The monoisotopic (exact) mass is 193 g/mol. The Morgan fingerprint density at radius 2 is 2.07 bits per heavy atom. The molecule has 1 N–H and O–H groups in total. The van der Waals surface area contributed by atoms with Gasteiger partial charge in [-0.05, 0) is 18.7 Å². The highest BCUT2D eigenvalue weighted by atomic mass is 16.6. The van der Waals surface area contributed by atoms with Crippen LogP contribution in [-0.4, -0.2) is 27.4 Å². The summed E-state index contributed by atoms with van der Waals surface area (Å²) >= 11 is 0. The largest absolute Gasteiger partial charge is 0.539 e. The number of hydrogen-bond acceptors (Lipinski definition) is 3. The molecule has 1 rings (SSSR count). The quantitative estimate of drug-likeness (QED) is 0.516. The smallest absolute Gasteiger partial charge is 0.506 e. The molecule has 0 fully saturated rings. The molecular weight excluding hydrogens is 177 g/mol. The summed E-state index contributed by atoms with van der Waals surface area (Å²) in [5, 5.41) is 3.17. The Bertz CT molecular complexity index is 231. The van der Waals surface area contributed by atoms with Crippen molar-refractivity contribution in [2.24, 2.45) is 0 Å². The summed E-state index contributed by atoms with van der Waals surface area (Å²) in [6, 6.07) is 9.65. The van der Waals surface area contributed by atoms with Crippen molar-refractivity contribution in [2.45, 2.75) is 6.92 Å². The van der Waals surface area contributed by atoms with Crippen LogP contribution in [0.2, 0.25) is 0 Å². The van der Waals surface area contributed by atoms with Gasteiger partial charge in [0.15, 0.2) is 0 Å². The molecule has 0 aliphatic carbocycles. The second kappa shape index (κ2) is 7.41. The van der Waals surface area contributed by atoms with E-state index in [4.69, 9.17) is 9.31 Å². The fourth-order valence-electron chi connectivity index (χ4n) is 1.01. The zero-order chi connectivity index (χ0) is 10.1. The highest BCUT2D eigenvalue weighted by molar-refractivity contribution is 6.19. The summed E-state index contributed by atoms with van der Waals surface area (Å²) in [7, 11) is 0.315. The minimum absolute atomic E-state index is 0.315. The van der Waals surface area contributed by atoms with Crippen LogP contribution in [-0.2, 0) is 4.65 Å². The highest BCUT2D eigenvalue weighted by Crippen LogP contribution is 2.06. The normalized spacial score (nSPS) is 9.79. The van der Waals surface area contributed by atoms with Crippen LogP contribution in [0.3, 0.4) is 0 Å². The lowest BCUT2D eigenvalue weighted by atomic mass is 10.3. The molecular formula is C10H16BNO2. The standard InChI is InChI=1S/C10H16BNO2/c1-2-12-8-9-13-11-14-10-6-4-3-5-7-10/h3-7,11-12H,2,8-9H2,1H3. The number of para-hydroxylation sites is 1. The lowest BCUT2D eigenvalue weighted by Gasteiger charge is -2.05. The molecule has 1 aromatic carbocycles. The zero-order valence-electron chi connectivity index (χ0n) is 8.53. The molecule has 0 radical (unpaired) electrons. The average molecular weight is 193 g/mol. The van der Waals surface area contributed by atoms with Crippen molar-refractivity contribution in [1.82, 2.24) is 5.32 Å². The third-order valence-corrected chi connectivity index (χ3v) is 1.73. The van der Waals surface area contributed by atoms with E-state index >= 15 is 0 Å². The van der Waals surface area contributed by atoms with Gasteiger partial charge in [0.25, 0.3) is 0 Å². The van der Waals surface area contributed by atoms with Gasteiger partial charge in [0.05, 0.1) is 0 Å². The predicted octanol–water partition coefficient (Wildman–Crippen LogP) is 0.958. The Morgan fingerprint density at radius 1 is 1.29 bits per heavy atom. The lowest BCUT2D eigenvalue weighted by Crippen LogP contribution is -2.21. The summed E-state index contributed by atoms with van der Waals surface area (Å²) < 4.78 is 10.6. The molecule has 3 nitrogen and oxygen atoms in total. The molecule has 0 saturated heterocycles. The van der Waals surface area contributed by atoms with Crippen molar-refractivity contribution in [1.29, 1.82) is 0 Å². The summed E-state index contributed by atoms with van der Waals surface area (Å²) in [4.78, 5) is 0. The van der Waals surface area contributed by atoms with Crippen molar-refractivity contribution in [3.8, 4) is 5.75 Å². The van der Waals surface area contributed by atoms with Crippen molar-refractivity contribution in [3.05, 3.63) is 30.3 Å². The Labute approximate surface area is 85.7 Å². The molecule has 0 saturated carbocycles. The molecule has 0 aromatic heterocycles. The molecule has 0 unspecified atom stereocenters. The number of rotatable bonds is 7. The van der Waals surface area contributed by atoms with E-state index in [0.717, 1.165) is 18.8 Å². The van der Waals surface area contributed by atoms with Crippen LogP contribution in [0, 0.1) is 0 Å². The lowest BCUT2D eigenvalue weighted by molar-refractivity contribution is 0.288. The van der Waals surface area contributed by atoms with E-state index in [1.54, 1.807) is 0 Å². The first-order valence-electron chi connectivity index (χ1n) is 4.90. The minimum atomic E-state index is 0.315. The van der Waals surface area contributed by atoms with E-state index in [2.05, 4.69) is 12.2 Å². The van der Waals surface area contributed by atoms with Crippen molar-refractivity contribution < 1.29 is 9.31 Å². The molecule has 76 valence electrons. The van der Waals surface area contributed by atoms with Crippen molar-refractivity contribution in [2.75, 3.05) is 19.7 Å². The molecule has 0 atom stereocenters. The minimum Gasteiger partial charge on any atom is -0.539 e. The molecule has 0 amide bonds. The van der Waals surface area contributed by atoms with E-state index < -0.39 is 0 Å². The summed E-state index contributed by atoms with van der Waals surface area (Å²) in [6.07, 6.45) is 0. The van der Waals surface area contributed by atoms with Gasteiger partial charge in [-0.15, -0.1) is 0 Å². The molecule has 0 aliphatic heterocycles. The second-order valence-corrected chi connectivity index (χ2v) is 2.84. The van der Waals surface area contributed by atoms with E-state index in [9.17, 15) is 0 Å². The molecule has 14 heavy (non-hydrogen) atoms. The Kier molecular flexibility index (Phi) is 5.87. The fraction of sp³-hybridized carbons (Fsp3) is 0.400. The number of nitrogens with one attached hydrogen (secondary N) is 1. The molecule has 1 aromatic rings. The van der Waals surface area contributed by atoms with Gasteiger partial charge in [-0.2, -0.15) is 0 Å². The maximum Gasteiger partial charge on any atom is 0.506 e. The Hall–Kier alpha value is -0.995. The van der Waals surface area contributed by atoms with Gasteiger partial charge in [0, 0.05) is 13.2 Å². The van der Waals surface area contributed by atoms with Crippen LogP contribution in [0.4, 0.5) is 0 Å². The summed E-state index contributed by atoms with van der Waals surface area (Å²) in [5.74, 6) is 0.843. The van der Waals surface area contributed by atoms with Gasteiger partial charge in [0.2, 0.25) is 0 Å². The zero-order valence-corrected chi connectivity index (χ0v) is 8.53. The van der Waals surface area contributed by atoms with Crippen molar-refractivity contribution >= 4 is 7.69 Å². The van der Waals surface area contributed by atoms with Gasteiger partial charge in [0.1, 0.15) is 5.75 Å². The first-order valence-corrected chi connectivity index (χ1v) is 4.90. The number of benzene rings is 1. The Balaban J connectivity index is 1.99. The van der Waals surface area contributed by atoms with Gasteiger partial charge >= 0.3 is 7.69 Å². The van der Waals surface area contributed by atoms with Crippen LogP contribution in [0.25, 0.3) is 0 Å². The molecule has 0 bridgehead atoms. The summed E-state index contributed by atoms with van der Waals surface area (Å²) in [5.41, 5.74) is 0. The molecule has 0 heterocycles. The van der Waals surface area contributed by atoms with Crippen LogP contribution in [0.5, 0.6) is 5.75 Å². The molecule has 0 spiro atoms. The maximum absolute atomic E-state index is 5.34. The van der Waals surface area contributed by atoms with Crippen LogP contribution in [0.1, 0.15) is 6.92 Å². The maximum atomic E-state index is 5.34. The SMILES string of the molecule is CCNCCOBOc1ccccc1. The van der Waals surface area contributed by atoms with Crippen LogP contribution >= 0.6 is 0 Å². The fourth-order valence-corrected chi connectivity index (χ4v) is 1.01. The van der Waals surface area contributed by atoms with E-state index in [0.29, 0.717) is 14.3 Å². The van der Waals surface area contributed by atoms with Gasteiger partial charge in [-0.1, -0.05) is 25.1 Å². The first kappa shape index (κ1) is 11.1. The third-order valence-electron chi connectivity index (χ3n) is 1.73. The van der Waals surface area contributed by atoms with Gasteiger partial charge in [-0.25, -0.2) is 0 Å². The van der Waals surface area contributed by atoms with Crippen LogP contribution < -0.4 is 9.97 Å². The van der Waals surface area contributed by atoms with Gasteiger partial charge in [-0.3, -0.25) is 0 Å². The summed E-state index contributed by atoms with van der Waals surface area (Å²) in [6.45, 7) is 4.60. The molecule has 0 aliphatic rings. The average Bonchev–Trinajstić information content (AvgIpc) is 2.25. The van der Waals surface area contributed by atoms with E-state index in [1.807, 2.05) is 30.3 Å². The number of hydrogen-bond donors (Lipinski definition) is 1. The first-order chi connectivity index (χ1) is 6.93. The number of likely N-dealkylation sites (N-methyl/N-ethyl adjacent to an activating group) is 1. The van der Waals surface area contributed by atoms with Gasteiger partial charge < -0.3 is 14.6 Å². The Morgan fingerprint density at radius 3 is 2.79 bits per heavy atom. The predicted molar refractivity (Wildman–Crippen MR) is 58.7 cm³/mol. The third kappa shape index (κ3) is 4.89. The van der Waals surface area contributed by atoms with Crippen LogP contribution in [0.15, 0.2) is 30.3 Å². The van der Waals surface area contributed by atoms with E-state index in [1.165, 1.54) is 0 Å². The second-order valence-electron chi connectivity index (χ2n) is 2.84. The topological polar surface area (TPSA) is 30.5 Å². The molecule has 4 heteroatoms.